The lowest BCUT2D eigenvalue weighted by Gasteiger charge is -2.17. The van der Waals surface area contributed by atoms with E-state index in [1.165, 1.54) is 28.8 Å². The van der Waals surface area contributed by atoms with E-state index in [0.29, 0.717) is 15.7 Å². The number of rotatable bonds is 3. The Morgan fingerprint density at radius 3 is 2.54 bits per heavy atom. The summed E-state index contributed by atoms with van der Waals surface area (Å²) in [6, 6.07) is 12.1. The molecule has 1 aliphatic heterocycles. The zero-order valence-corrected chi connectivity index (χ0v) is 14.6. The lowest BCUT2D eigenvalue weighted by molar-refractivity contribution is -0.118. The second kappa shape index (κ2) is 6.29. The number of benzene rings is 1. The Hall–Kier alpha value is -2.32. The maximum absolute atomic E-state index is 12.6. The van der Waals surface area contributed by atoms with Crippen LogP contribution in [0.4, 0.5) is 5.69 Å². The Morgan fingerprint density at radius 2 is 1.92 bits per heavy atom. The van der Waals surface area contributed by atoms with Gasteiger partial charge in [-0.3, -0.25) is 14.5 Å². The molecule has 2 aromatic rings. The number of hydrogen-bond acceptors (Lipinski definition) is 6. The van der Waals surface area contributed by atoms with E-state index in [1.807, 2.05) is 44.2 Å². The van der Waals surface area contributed by atoms with Gasteiger partial charge in [0.15, 0.2) is 10.2 Å². The molecule has 0 bridgehead atoms. The number of para-hydroxylation sites is 1. The fourth-order valence-electron chi connectivity index (χ4n) is 2.15. The number of hydrogen-bond donors (Lipinski definition) is 2. The van der Waals surface area contributed by atoms with E-state index in [4.69, 9.17) is 0 Å². The average Bonchev–Trinajstić information content (AvgIpc) is 3.08. The number of amidine groups is 1. The molecule has 1 aromatic carbocycles. The van der Waals surface area contributed by atoms with Gasteiger partial charge in [-0.05, 0) is 38.1 Å². The number of aromatic hydroxyl groups is 1. The monoisotopic (exact) mass is 361 g/mol. The molecule has 0 aliphatic carbocycles. The summed E-state index contributed by atoms with van der Waals surface area (Å²) in [7, 11) is 0. The number of carbonyl (C=O) groups is 2. The van der Waals surface area contributed by atoms with Gasteiger partial charge >= 0.3 is 0 Å². The minimum atomic E-state index is -0.666. The van der Waals surface area contributed by atoms with Gasteiger partial charge in [-0.1, -0.05) is 41.3 Å². The molecule has 8 heteroatoms. The predicted octanol–water partition coefficient (Wildman–Crippen LogP) is 3.01. The lowest BCUT2D eigenvalue weighted by atomic mass is 10.1. The Morgan fingerprint density at radius 1 is 1.21 bits per heavy atom. The highest BCUT2D eigenvalue weighted by Gasteiger charge is 2.45. The molecule has 3 rings (SSSR count). The highest BCUT2D eigenvalue weighted by atomic mass is 32.2. The Bertz CT molecular complexity index is 815. The molecule has 2 amide bonds. The van der Waals surface area contributed by atoms with Gasteiger partial charge in [0.2, 0.25) is 5.91 Å². The second-order valence-corrected chi connectivity index (χ2v) is 8.21. The lowest BCUT2D eigenvalue weighted by Crippen LogP contribution is -2.36. The molecule has 24 heavy (non-hydrogen) atoms. The van der Waals surface area contributed by atoms with Crippen LogP contribution in [-0.2, 0) is 4.79 Å². The number of hydrazone groups is 1. The van der Waals surface area contributed by atoms with Crippen molar-refractivity contribution in [1.29, 1.82) is 0 Å². The average molecular weight is 361 g/mol. The third kappa shape index (κ3) is 3.15. The van der Waals surface area contributed by atoms with Gasteiger partial charge in [-0.2, -0.15) is 0 Å². The molecule has 0 spiro atoms. The number of nitrogens with zero attached hydrogens (tertiary/aromatic N) is 2. The van der Waals surface area contributed by atoms with Gasteiger partial charge in [-0.25, -0.2) is 5.43 Å². The summed E-state index contributed by atoms with van der Waals surface area (Å²) in [5.41, 5.74) is 3.14. The number of nitrogens with one attached hydrogen (secondary N) is 1. The van der Waals surface area contributed by atoms with E-state index < -0.39 is 10.7 Å². The van der Waals surface area contributed by atoms with E-state index in [9.17, 15) is 14.7 Å². The molecular formula is C16H15N3O3S2. The first-order valence-corrected chi connectivity index (χ1v) is 8.77. The van der Waals surface area contributed by atoms with E-state index in [2.05, 4.69) is 10.5 Å². The van der Waals surface area contributed by atoms with Crippen molar-refractivity contribution >= 4 is 45.8 Å². The first-order valence-electron chi connectivity index (χ1n) is 7.14. The van der Waals surface area contributed by atoms with Crippen LogP contribution in [0.1, 0.15) is 23.5 Å². The summed E-state index contributed by atoms with van der Waals surface area (Å²) >= 11 is 2.25. The molecule has 0 saturated carbocycles. The molecule has 0 atom stereocenters. The molecule has 1 aromatic heterocycles. The van der Waals surface area contributed by atoms with Gasteiger partial charge in [0.25, 0.3) is 5.91 Å². The molecule has 124 valence electrons. The van der Waals surface area contributed by atoms with Crippen LogP contribution in [0.25, 0.3) is 0 Å². The maximum atomic E-state index is 12.6. The number of anilines is 1. The van der Waals surface area contributed by atoms with Crippen LogP contribution in [0.15, 0.2) is 47.6 Å². The highest BCUT2D eigenvalue weighted by molar-refractivity contribution is 8.16. The predicted molar refractivity (Wildman–Crippen MR) is 96.5 cm³/mol. The van der Waals surface area contributed by atoms with Crippen LogP contribution in [0.3, 0.4) is 0 Å². The standard InChI is InChI=1S/C16H15N3O3S2/c1-16(2)14(22)19(10-6-4-3-5-7-10)15(24-16)18-17-13(21)11-8-9-12(20)23-11/h3-9,20H,1-2H3,(H,17,21)/b18-15+. The second-order valence-electron chi connectivity index (χ2n) is 5.56. The summed E-state index contributed by atoms with van der Waals surface area (Å²) < 4.78 is -0.666. The molecule has 2 N–H and O–H groups in total. The number of amides is 2. The summed E-state index contributed by atoms with van der Waals surface area (Å²) in [4.78, 5) is 26.5. The molecular weight excluding hydrogens is 346 g/mol. The Kier molecular flexibility index (Phi) is 4.33. The summed E-state index contributed by atoms with van der Waals surface area (Å²) in [5, 5.41) is 13.9. The van der Waals surface area contributed by atoms with E-state index in [1.54, 1.807) is 0 Å². The number of carbonyl (C=O) groups excluding carboxylic acids is 2. The quantitative estimate of drug-likeness (QED) is 0.824. The van der Waals surface area contributed by atoms with Crippen LogP contribution >= 0.6 is 23.1 Å². The number of thiophene rings is 1. The van der Waals surface area contributed by atoms with E-state index in [0.717, 1.165) is 11.3 Å². The summed E-state index contributed by atoms with van der Waals surface area (Å²) in [6.45, 7) is 3.63. The van der Waals surface area contributed by atoms with Gasteiger partial charge in [-0.15, -0.1) is 5.10 Å². The third-order valence-electron chi connectivity index (χ3n) is 3.34. The first-order chi connectivity index (χ1) is 11.4. The highest BCUT2D eigenvalue weighted by Crippen LogP contribution is 2.39. The zero-order chi connectivity index (χ0) is 17.3. The molecule has 1 saturated heterocycles. The minimum absolute atomic E-state index is 0.0604. The van der Waals surface area contributed by atoms with Crippen molar-refractivity contribution in [2.45, 2.75) is 18.6 Å². The minimum Gasteiger partial charge on any atom is -0.499 e. The van der Waals surface area contributed by atoms with Gasteiger partial charge < -0.3 is 5.11 Å². The zero-order valence-electron chi connectivity index (χ0n) is 13.0. The van der Waals surface area contributed by atoms with Gasteiger partial charge in [0.05, 0.1) is 15.3 Å². The van der Waals surface area contributed by atoms with E-state index in [-0.39, 0.29) is 11.0 Å². The Labute approximate surface area is 147 Å². The smallest absolute Gasteiger partial charge is 0.281 e. The van der Waals surface area contributed by atoms with Crippen molar-refractivity contribution < 1.29 is 14.7 Å². The molecule has 1 fully saturated rings. The first kappa shape index (κ1) is 16.5. The van der Waals surface area contributed by atoms with Crippen molar-refractivity contribution in [1.82, 2.24) is 5.43 Å². The van der Waals surface area contributed by atoms with Gasteiger partial charge in [0, 0.05) is 0 Å². The van der Waals surface area contributed by atoms with Crippen molar-refractivity contribution in [3.8, 4) is 5.06 Å². The molecule has 2 heterocycles. The fraction of sp³-hybridized carbons (Fsp3) is 0.188. The SMILES string of the molecule is CC1(C)S/C(=N/NC(=O)c2ccc(O)s2)N(c2ccccc2)C1=O. The molecule has 0 unspecified atom stereocenters. The van der Waals surface area contributed by atoms with E-state index >= 15 is 0 Å². The van der Waals surface area contributed by atoms with Crippen LogP contribution < -0.4 is 10.3 Å². The van der Waals surface area contributed by atoms with Gasteiger partial charge in [0.1, 0.15) is 0 Å². The van der Waals surface area contributed by atoms with Crippen molar-refractivity contribution in [3.63, 3.8) is 0 Å². The molecule has 0 radical (unpaired) electrons. The van der Waals surface area contributed by atoms with Crippen molar-refractivity contribution in [2.24, 2.45) is 5.10 Å². The van der Waals surface area contributed by atoms with Crippen molar-refractivity contribution in [2.75, 3.05) is 4.90 Å². The Balaban J connectivity index is 1.87. The molecule has 6 nitrogen and oxygen atoms in total. The normalized spacial score (nSPS) is 18.2. The van der Waals surface area contributed by atoms with Crippen LogP contribution in [0, 0.1) is 0 Å². The van der Waals surface area contributed by atoms with Crippen LogP contribution in [0.2, 0.25) is 0 Å². The summed E-state index contributed by atoms with van der Waals surface area (Å²) in [6.07, 6.45) is 0. The van der Waals surface area contributed by atoms with Crippen LogP contribution in [0.5, 0.6) is 5.06 Å². The molecule has 1 aliphatic rings. The third-order valence-corrected chi connectivity index (χ3v) is 5.37. The van der Waals surface area contributed by atoms with Crippen LogP contribution in [-0.4, -0.2) is 26.8 Å². The summed E-state index contributed by atoms with van der Waals surface area (Å²) in [5.74, 6) is -0.529. The topological polar surface area (TPSA) is 82.0 Å². The largest absolute Gasteiger partial charge is 0.499 e. The van der Waals surface area contributed by atoms with Crippen molar-refractivity contribution in [3.05, 3.63) is 47.3 Å². The fourth-order valence-corrected chi connectivity index (χ4v) is 3.80. The number of thioether (sulfide) groups is 1. The maximum Gasteiger partial charge on any atom is 0.281 e.